The number of piperazine rings is 1. The van der Waals surface area contributed by atoms with Crippen LogP contribution >= 0.6 is 0 Å². The van der Waals surface area contributed by atoms with E-state index in [2.05, 4.69) is 22.2 Å². The van der Waals surface area contributed by atoms with E-state index in [1.807, 2.05) is 0 Å². The number of nitrogens with zero attached hydrogens (tertiary/aromatic N) is 2. The van der Waals surface area contributed by atoms with Gasteiger partial charge in [-0.2, -0.15) is 0 Å². The molecule has 1 saturated heterocycles. The molecule has 1 atom stereocenters. The van der Waals surface area contributed by atoms with E-state index in [1.165, 1.54) is 0 Å². The molecule has 7 nitrogen and oxygen atoms in total. The van der Waals surface area contributed by atoms with E-state index in [1.54, 1.807) is 0 Å². The van der Waals surface area contributed by atoms with Crippen LogP contribution in [-0.4, -0.2) is 74.0 Å². The number of amides is 2. The molecule has 0 radical (unpaired) electrons. The second-order valence-electron chi connectivity index (χ2n) is 5.07. The Hall–Kier alpha value is -1.18. The topological polar surface area (TPSA) is 105 Å². The first-order valence-corrected chi connectivity index (χ1v) is 6.71. The molecule has 2 amide bonds. The summed E-state index contributed by atoms with van der Waals surface area (Å²) in [6, 6.07) is -0.832. The zero-order valence-corrected chi connectivity index (χ0v) is 11.6. The smallest absolute Gasteiger partial charge is 0.237 e. The number of hydrogen-bond acceptors (Lipinski definition) is 5. The fourth-order valence-corrected chi connectivity index (χ4v) is 2.03. The lowest BCUT2D eigenvalue weighted by Gasteiger charge is -2.32. The van der Waals surface area contributed by atoms with Crippen molar-refractivity contribution in [3.8, 4) is 0 Å². The van der Waals surface area contributed by atoms with Gasteiger partial charge in [0, 0.05) is 32.7 Å². The molecular weight excluding hydrogens is 246 g/mol. The molecule has 110 valence electrons. The molecule has 0 saturated carbocycles. The Balaban J connectivity index is 2.07. The number of nitrogens with one attached hydrogen (secondary N) is 1. The van der Waals surface area contributed by atoms with Crippen molar-refractivity contribution >= 4 is 11.8 Å². The lowest BCUT2D eigenvalue weighted by atomic mass is 10.2. The average Bonchev–Trinajstić information content (AvgIpc) is 2.35. The summed E-state index contributed by atoms with van der Waals surface area (Å²) in [4.78, 5) is 26.8. The van der Waals surface area contributed by atoms with Crippen molar-refractivity contribution < 1.29 is 9.59 Å². The monoisotopic (exact) mass is 271 g/mol. The normalized spacial score (nSPS) is 19.1. The standard InChI is InChI=1S/C12H25N5O2/c1-16-5-7-17(8-6-16)4-2-3-15-12(19)10(13)9-11(14)18/h10H,2-9,13H2,1H3,(H2,14,18)(H,15,19). The third-order valence-electron chi connectivity index (χ3n) is 3.30. The minimum Gasteiger partial charge on any atom is -0.370 e. The summed E-state index contributed by atoms with van der Waals surface area (Å²) in [5.41, 5.74) is 10.5. The Morgan fingerprint density at radius 1 is 1.26 bits per heavy atom. The summed E-state index contributed by atoms with van der Waals surface area (Å²) >= 11 is 0. The number of primary amides is 1. The maximum atomic E-state index is 11.5. The maximum absolute atomic E-state index is 11.5. The molecule has 0 spiro atoms. The van der Waals surface area contributed by atoms with Crippen LogP contribution in [0.25, 0.3) is 0 Å². The van der Waals surface area contributed by atoms with Crippen molar-refractivity contribution in [3.05, 3.63) is 0 Å². The van der Waals surface area contributed by atoms with Crippen LogP contribution in [0.3, 0.4) is 0 Å². The van der Waals surface area contributed by atoms with Crippen molar-refractivity contribution in [1.29, 1.82) is 0 Å². The highest BCUT2D eigenvalue weighted by molar-refractivity contribution is 5.87. The molecule has 0 aromatic carbocycles. The van der Waals surface area contributed by atoms with Crippen molar-refractivity contribution in [2.75, 3.05) is 46.3 Å². The summed E-state index contributed by atoms with van der Waals surface area (Å²) in [5.74, 6) is -0.864. The Bertz CT molecular complexity index is 302. The van der Waals surface area contributed by atoms with Crippen molar-refractivity contribution in [3.63, 3.8) is 0 Å². The molecule has 1 heterocycles. The van der Waals surface area contributed by atoms with E-state index >= 15 is 0 Å². The zero-order chi connectivity index (χ0) is 14.3. The Labute approximate surface area is 114 Å². The third kappa shape index (κ3) is 6.51. The average molecular weight is 271 g/mol. The SMILES string of the molecule is CN1CCN(CCCNC(=O)C(N)CC(N)=O)CC1. The summed E-state index contributed by atoms with van der Waals surface area (Å²) in [7, 11) is 2.12. The number of likely N-dealkylation sites (N-methyl/N-ethyl adjacent to an activating group) is 1. The number of hydrogen-bond donors (Lipinski definition) is 3. The van der Waals surface area contributed by atoms with E-state index < -0.39 is 11.9 Å². The van der Waals surface area contributed by atoms with Gasteiger partial charge in [-0.3, -0.25) is 9.59 Å². The molecule has 1 unspecified atom stereocenters. The number of carbonyl (C=O) groups is 2. The molecule has 5 N–H and O–H groups in total. The van der Waals surface area contributed by atoms with Gasteiger partial charge in [-0.05, 0) is 20.0 Å². The van der Waals surface area contributed by atoms with Gasteiger partial charge in [-0.15, -0.1) is 0 Å². The van der Waals surface area contributed by atoms with E-state index in [0.29, 0.717) is 6.54 Å². The fourth-order valence-electron chi connectivity index (χ4n) is 2.03. The van der Waals surface area contributed by atoms with E-state index in [0.717, 1.165) is 39.1 Å². The Morgan fingerprint density at radius 3 is 2.47 bits per heavy atom. The minimum atomic E-state index is -0.832. The van der Waals surface area contributed by atoms with E-state index in [4.69, 9.17) is 11.5 Å². The van der Waals surface area contributed by atoms with Gasteiger partial charge < -0.3 is 26.6 Å². The highest BCUT2D eigenvalue weighted by Gasteiger charge is 2.16. The molecule has 1 aliphatic rings. The fraction of sp³-hybridized carbons (Fsp3) is 0.833. The quantitative estimate of drug-likeness (QED) is 0.462. The van der Waals surface area contributed by atoms with Gasteiger partial charge in [0.15, 0.2) is 0 Å². The molecule has 0 aliphatic carbocycles. The predicted octanol–water partition coefficient (Wildman–Crippen LogP) is -2.06. The van der Waals surface area contributed by atoms with E-state index in [-0.39, 0.29) is 12.3 Å². The highest BCUT2D eigenvalue weighted by Crippen LogP contribution is 1.99. The Morgan fingerprint density at radius 2 is 1.89 bits per heavy atom. The second kappa shape index (κ2) is 8.08. The first-order valence-electron chi connectivity index (χ1n) is 6.71. The summed E-state index contributed by atoms with van der Waals surface area (Å²) in [5, 5.41) is 2.73. The van der Waals surface area contributed by atoms with Crippen molar-refractivity contribution in [1.82, 2.24) is 15.1 Å². The van der Waals surface area contributed by atoms with Gasteiger partial charge in [0.1, 0.15) is 0 Å². The van der Waals surface area contributed by atoms with Crippen LogP contribution in [0.1, 0.15) is 12.8 Å². The molecule has 7 heteroatoms. The summed E-state index contributed by atoms with van der Waals surface area (Å²) < 4.78 is 0. The summed E-state index contributed by atoms with van der Waals surface area (Å²) in [6.45, 7) is 5.89. The van der Waals surface area contributed by atoms with Crippen LogP contribution in [0.4, 0.5) is 0 Å². The number of rotatable bonds is 7. The molecule has 19 heavy (non-hydrogen) atoms. The van der Waals surface area contributed by atoms with Crippen LogP contribution in [0.5, 0.6) is 0 Å². The molecule has 0 aromatic heterocycles. The first-order chi connectivity index (χ1) is 8.99. The van der Waals surface area contributed by atoms with Crippen LogP contribution in [0.2, 0.25) is 0 Å². The molecule has 1 rings (SSSR count). The molecular formula is C12H25N5O2. The van der Waals surface area contributed by atoms with Crippen LogP contribution in [0, 0.1) is 0 Å². The van der Waals surface area contributed by atoms with E-state index in [9.17, 15) is 9.59 Å². The second-order valence-corrected chi connectivity index (χ2v) is 5.07. The number of nitrogens with two attached hydrogens (primary N) is 2. The molecule has 0 bridgehead atoms. The van der Waals surface area contributed by atoms with Gasteiger partial charge in [-0.1, -0.05) is 0 Å². The van der Waals surface area contributed by atoms with Crippen LogP contribution in [0.15, 0.2) is 0 Å². The minimum absolute atomic E-state index is 0.107. The van der Waals surface area contributed by atoms with Gasteiger partial charge in [0.05, 0.1) is 12.5 Å². The van der Waals surface area contributed by atoms with Gasteiger partial charge in [0.25, 0.3) is 0 Å². The highest BCUT2D eigenvalue weighted by atomic mass is 16.2. The maximum Gasteiger partial charge on any atom is 0.237 e. The van der Waals surface area contributed by atoms with Crippen LogP contribution in [-0.2, 0) is 9.59 Å². The van der Waals surface area contributed by atoms with Crippen LogP contribution < -0.4 is 16.8 Å². The first kappa shape index (κ1) is 15.9. The van der Waals surface area contributed by atoms with Crippen molar-refractivity contribution in [2.24, 2.45) is 11.5 Å². The largest absolute Gasteiger partial charge is 0.370 e. The molecule has 1 aliphatic heterocycles. The van der Waals surface area contributed by atoms with Gasteiger partial charge >= 0.3 is 0 Å². The molecule has 0 aromatic rings. The zero-order valence-electron chi connectivity index (χ0n) is 11.6. The third-order valence-corrected chi connectivity index (χ3v) is 3.30. The van der Waals surface area contributed by atoms with Crippen molar-refractivity contribution in [2.45, 2.75) is 18.9 Å². The lowest BCUT2D eigenvalue weighted by Crippen LogP contribution is -2.46. The lowest BCUT2D eigenvalue weighted by molar-refractivity contribution is -0.126. The Kier molecular flexibility index (Phi) is 6.75. The predicted molar refractivity (Wildman–Crippen MR) is 73.4 cm³/mol. The number of carbonyl (C=O) groups excluding carboxylic acids is 2. The van der Waals surface area contributed by atoms with Gasteiger partial charge in [0.2, 0.25) is 11.8 Å². The molecule has 1 fully saturated rings. The summed E-state index contributed by atoms with van der Waals surface area (Å²) in [6.07, 6.45) is 0.781. The van der Waals surface area contributed by atoms with Gasteiger partial charge in [-0.25, -0.2) is 0 Å².